The van der Waals surface area contributed by atoms with E-state index in [0.717, 1.165) is 16.6 Å². The van der Waals surface area contributed by atoms with Crippen LogP contribution in [-0.2, 0) is 9.59 Å². The van der Waals surface area contributed by atoms with E-state index in [4.69, 9.17) is 0 Å². The third kappa shape index (κ3) is 3.85. The molecule has 0 unspecified atom stereocenters. The average Bonchev–Trinajstić information content (AvgIpc) is 2.53. The molecule has 0 spiro atoms. The number of carbonyl (C=O) groups is 2. The predicted octanol–water partition coefficient (Wildman–Crippen LogP) is 2.40. The molecule has 0 saturated carbocycles. The van der Waals surface area contributed by atoms with Crippen molar-refractivity contribution in [1.82, 2.24) is 10.3 Å². The summed E-state index contributed by atoms with van der Waals surface area (Å²) >= 11 is 3.37. The van der Waals surface area contributed by atoms with Crippen molar-refractivity contribution in [2.45, 2.75) is 26.7 Å². The van der Waals surface area contributed by atoms with Crippen LogP contribution in [0.15, 0.2) is 22.8 Å². The van der Waals surface area contributed by atoms with Crippen molar-refractivity contribution in [3.8, 4) is 0 Å². The summed E-state index contributed by atoms with van der Waals surface area (Å²) in [6.07, 6.45) is 3.64. The van der Waals surface area contributed by atoms with Crippen LogP contribution in [0.25, 0.3) is 0 Å². The van der Waals surface area contributed by atoms with E-state index in [-0.39, 0.29) is 5.91 Å². The van der Waals surface area contributed by atoms with Crippen LogP contribution in [0.2, 0.25) is 0 Å². The number of piperidine rings is 1. The third-order valence-electron chi connectivity index (χ3n) is 4.04. The second kappa shape index (κ2) is 7.22. The number of halogens is 1. The zero-order valence-electron chi connectivity index (χ0n) is 13.0. The molecule has 0 aromatic carbocycles. The van der Waals surface area contributed by atoms with Crippen molar-refractivity contribution in [2.24, 2.45) is 11.3 Å². The lowest BCUT2D eigenvalue weighted by molar-refractivity contribution is -0.137. The number of amides is 1. The van der Waals surface area contributed by atoms with Crippen molar-refractivity contribution in [2.75, 3.05) is 24.5 Å². The maximum Gasteiger partial charge on any atom is 0.233 e. The summed E-state index contributed by atoms with van der Waals surface area (Å²) in [6, 6.07) is 3.89. The van der Waals surface area contributed by atoms with E-state index in [0.29, 0.717) is 38.4 Å². The van der Waals surface area contributed by atoms with Gasteiger partial charge >= 0.3 is 0 Å². The lowest BCUT2D eigenvalue weighted by atomic mass is 9.78. The van der Waals surface area contributed by atoms with Gasteiger partial charge in [-0.25, -0.2) is 4.98 Å². The van der Waals surface area contributed by atoms with Crippen molar-refractivity contribution in [3.63, 3.8) is 0 Å². The monoisotopic (exact) mass is 367 g/mol. The van der Waals surface area contributed by atoms with Crippen LogP contribution >= 0.6 is 15.9 Å². The molecule has 1 aromatic heterocycles. The molecule has 1 aromatic rings. The first-order valence-electron chi connectivity index (χ1n) is 7.58. The molecule has 6 heteroatoms. The SMILES string of the molecule is CC(C)CNC(=O)C1(C=O)CCN(c2ccc(Br)cn2)CC1. The fourth-order valence-electron chi connectivity index (χ4n) is 2.56. The van der Waals surface area contributed by atoms with Gasteiger partial charge in [0.15, 0.2) is 0 Å². The minimum Gasteiger partial charge on any atom is -0.357 e. The highest BCUT2D eigenvalue weighted by molar-refractivity contribution is 9.10. The number of anilines is 1. The molecule has 1 amide bonds. The van der Waals surface area contributed by atoms with Gasteiger partial charge < -0.3 is 15.0 Å². The van der Waals surface area contributed by atoms with Crippen LogP contribution in [0.1, 0.15) is 26.7 Å². The van der Waals surface area contributed by atoms with Gasteiger partial charge in [-0.15, -0.1) is 0 Å². The van der Waals surface area contributed by atoms with Gasteiger partial charge in [-0.1, -0.05) is 13.8 Å². The Bertz CT molecular complexity index is 523. The molecule has 5 nitrogen and oxygen atoms in total. The smallest absolute Gasteiger partial charge is 0.233 e. The number of hydrogen-bond donors (Lipinski definition) is 1. The molecule has 2 rings (SSSR count). The Hall–Kier alpha value is -1.43. The van der Waals surface area contributed by atoms with E-state index in [2.05, 4.69) is 31.1 Å². The van der Waals surface area contributed by atoms with Crippen LogP contribution in [0.5, 0.6) is 0 Å². The van der Waals surface area contributed by atoms with Gasteiger partial charge in [0.25, 0.3) is 0 Å². The maximum atomic E-state index is 12.4. The van der Waals surface area contributed by atoms with E-state index in [1.54, 1.807) is 6.20 Å². The summed E-state index contributed by atoms with van der Waals surface area (Å²) in [5, 5.41) is 2.90. The number of carbonyl (C=O) groups excluding carboxylic acids is 2. The number of nitrogens with zero attached hydrogens (tertiary/aromatic N) is 2. The number of rotatable bonds is 5. The summed E-state index contributed by atoms with van der Waals surface area (Å²) in [5.41, 5.74) is -0.888. The number of aldehydes is 1. The zero-order chi connectivity index (χ0) is 16.2. The van der Waals surface area contributed by atoms with Crippen LogP contribution < -0.4 is 10.2 Å². The largest absolute Gasteiger partial charge is 0.357 e. The van der Waals surface area contributed by atoms with Gasteiger partial charge in [-0.05, 0) is 46.8 Å². The molecule has 1 N–H and O–H groups in total. The van der Waals surface area contributed by atoms with Crippen molar-refractivity contribution in [1.29, 1.82) is 0 Å². The van der Waals surface area contributed by atoms with Crippen LogP contribution in [0.4, 0.5) is 5.82 Å². The molecule has 0 bridgehead atoms. The molecule has 0 atom stereocenters. The standard InChI is InChI=1S/C16H22BrN3O2/c1-12(2)9-19-15(22)16(11-21)5-7-20(8-6-16)14-4-3-13(17)10-18-14/h3-4,10-12H,5-9H2,1-2H3,(H,19,22). The molecule has 0 radical (unpaired) electrons. The van der Waals surface area contributed by atoms with Crippen LogP contribution in [-0.4, -0.2) is 36.8 Å². The van der Waals surface area contributed by atoms with E-state index in [1.165, 1.54) is 0 Å². The normalized spacial score (nSPS) is 17.4. The summed E-state index contributed by atoms with van der Waals surface area (Å²) in [5.74, 6) is 1.12. The fraction of sp³-hybridized carbons (Fsp3) is 0.562. The Kier molecular flexibility index (Phi) is 5.56. The molecular weight excluding hydrogens is 346 g/mol. The van der Waals surface area contributed by atoms with Gasteiger partial charge in [-0.3, -0.25) is 4.79 Å². The van der Waals surface area contributed by atoms with Gasteiger partial charge in [0.1, 0.15) is 17.5 Å². The topological polar surface area (TPSA) is 62.3 Å². The highest BCUT2D eigenvalue weighted by Crippen LogP contribution is 2.31. The Labute approximate surface area is 139 Å². The number of hydrogen-bond acceptors (Lipinski definition) is 4. The van der Waals surface area contributed by atoms with Crippen LogP contribution in [0, 0.1) is 11.3 Å². The highest BCUT2D eigenvalue weighted by atomic mass is 79.9. The first-order valence-corrected chi connectivity index (χ1v) is 8.37. The average molecular weight is 368 g/mol. The molecule has 1 saturated heterocycles. The Morgan fingerprint density at radius 1 is 1.45 bits per heavy atom. The van der Waals surface area contributed by atoms with Gasteiger partial charge in [0, 0.05) is 30.3 Å². The van der Waals surface area contributed by atoms with Crippen LogP contribution in [0.3, 0.4) is 0 Å². The molecule has 22 heavy (non-hydrogen) atoms. The zero-order valence-corrected chi connectivity index (χ0v) is 14.6. The van der Waals surface area contributed by atoms with E-state index in [9.17, 15) is 9.59 Å². The number of nitrogens with one attached hydrogen (secondary N) is 1. The fourth-order valence-corrected chi connectivity index (χ4v) is 2.80. The van der Waals surface area contributed by atoms with E-state index < -0.39 is 5.41 Å². The second-order valence-corrected chi connectivity index (χ2v) is 7.12. The molecule has 0 aliphatic carbocycles. The molecule has 1 aliphatic rings. The Morgan fingerprint density at radius 3 is 2.64 bits per heavy atom. The summed E-state index contributed by atoms with van der Waals surface area (Å²) in [4.78, 5) is 30.4. The molecule has 1 aliphatic heterocycles. The third-order valence-corrected chi connectivity index (χ3v) is 4.51. The minimum absolute atomic E-state index is 0.139. The molecule has 120 valence electrons. The molecular formula is C16H22BrN3O2. The number of pyridine rings is 1. The number of aromatic nitrogens is 1. The summed E-state index contributed by atoms with van der Waals surface area (Å²) in [6.45, 7) is 5.99. The molecule has 1 fully saturated rings. The predicted molar refractivity (Wildman–Crippen MR) is 89.7 cm³/mol. The highest BCUT2D eigenvalue weighted by Gasteiger charge is 2.41. The summed E-state index contributed by atoms with van der Waals surface area (Å²) in [7, 11) is 0. The van der Waals surface area contributed by atoms with Gasteiger partial charge in [-0.2, -0.15) is 0 Å². The second-order valence-electron chi connectivity index (χ2n) is 6.20. The minimum atomic E-state index is -0.888. The lowest BCUT2D eigenvalue weighted by Gasteiger charge is -2.37. The first kappa shape index (κ1) is 16.9. The van der Waals surface area contributed by atoms with Crippen molar-refractivity contribution in [3.05, 3.63) is 22.8 Å². The summed E-state index contributed by atoms with van der Waals surface area (Å²) < 4.78 is 0.934. The van der Waals surface area contributed by atoms with E-state index in [1.807, 2.05) is 26.0 Å². The van der Waals surface area contributed by atoms with Crippen molar-refractivity contribution < 1.29 is 9.59 Å². The van der Waals surface area contributed by atoms with E-state index >= 15 is 0 Å². The quantitative estimate of drug-likeness (QED) is 0.641. The Balaban J connectivity index is 2.00. The maximum absolute atomic E-state index is 12.4. The Morgan fingerprint density at radius 2 is 2.14 bits per heavy atom. The lowest BCUT2D eigenvalue weighted by Crippen LogP contribution is -2.50. The van der Waals surface area contributed by atoms with Gasteiger partial charge in [0.05, 0.1) is 0 Å². The van der Waals surface area contributed by atoms with Crippen molar-refractivity contribution >= 4 is 33.9 Å². The molecule has 2 heterocycles. The van der Waals surface area contributed by atoms with Gasteiger partial charge in [0.2, 0.25) is 5.91 Å². The first-order chi connectivity index (χ1) is 10.5.